The molecule has 1 aliphatic heterocycles. The molecule has 11 heteroatoms. The second kappa shape index (κ2) is 8.95. The number of ether oxygens (including phenoxy) is 1. The smallest absolute Gasteiger partial charge is 0.316 e. The molecule has 0 radical (unpaired) electrons. The lowest BCUT2D eigenvalue weighted by molar-refractivity contribution is -0.139. The summed E-state index contributed by atoms with van der Waals surface area (Å²) in [7, 11) is 0. The van der Waals surface area contributed by atoms with Crippen molar-refractivity contribution in [2.75, 3.05) is 17.3 Å². The highest BCUT2D eigenvalue weighted by Gasteiger charge is 2.42. The van der Waals surface area contributed by atoms with Crippen LogP contribution in [0.1, 0.15) is 37.9 Å². The molecule has 9 nitrogen and oxygen atoms in total. The van der Waals surface area contributed by atoms with Crippen molar-refractivity contribution >= 4 is 40.0 Å². The Hall–Kier alpha value is -3.10. The summed E-state index contributed by atoms with van der Waals surface area (Å²) in [5.74, 6) is -0.179. The largest absolute Gasteiger partial charge is 0.468 e. The minimum atomic E-state index is -0.635. The number of allylic oxidation sites excluding steroid dienone is 3. The molecule has 2 N–H and O–H groups in total. The van der Waals surface area contributed by atoms with Crippen LogP contribution in [0, 0.1) is 11.3 Å². The zero-order valence-corrected chi connectivity index (χ0v) is 18.3. The molecule has 2 aromatic heterocycles. The van der Waals surface area contributed by atoms with Crippen LogP contribution < -0.4 is 10.6 Å². The van der Waals surface area contributed by atoms with Crippen LogP contribution in [-0.4, -0.2) is 34.3 Å². The van der Waals surface area contributed by atoms with Gasteiger partial charge in [0.2, 0.25) is 5.13 Å². The van der Waals surface area contributed by atoms with Gasteiger partial charge in [0, 0.05) is 17.7 Å². The summed E-state index contributed by atoms with van der Waals surface area (Å²) in [4.78, 5) is 26.2. The number of hydrogen-bond donors (Lipinski definition) is 1. The summed E-state index contributed by atoms with van der Waals surface area (Å²) in [6.07, 6.45) is 3.21. The molecule has 160 valence electrons. The zero-order valence-electron chi connectivity index (χ0n) is 16.7. The molecule has 1 atom stereocenters. The van der Waals surface area contributed by atoms with Gasteiger partial charge in [-0.2, -0.15) is 5.26 Å². The number of nitrogens with two attached hydrogens (primary N) is 1. The molecule has 3 heterocycles. The summed E-state index contributed by atoms with van der Waals surface area (Å²) in [6.45, 7) is 2.06. The number of furan rings is 1. The van der Waals surface area contributed by atoms with Crippen molar-refractivity contribution in [3.63, 3.8) is 0 Å². The third-order valence-corrected chi connectivity index (χ3v) is 6.96. The number of aromatic nitrogens is 2. The van der Waals surface area contributed by atoms with Crippen molar-refractivity contribution in [3.8, 4) is 6.07 Å². The van der Waals surface area contributed by atoms with E-state index in [1.807, 2.05) is 0 Å². The lowest BCUT2D eigenvalue weighted by Crippen LogP contribution is -2.38. The lowest BCUT2D eigenvalue weighted by atomic mass is 9.78. The number of carbonyl (C=O) groups is 2. The van der Waals surface area contributed by atoms with Crippen molar-refractivity contribution in [1.82, 2.24) is 10.2 Å². The number of nitriles is 1. The van der Waals surface area contributed by atoms with E-state index in [0.717, 1.165) is 0 Å². The molecule has 31 heavy (non-hydrogen) atoms. The molecule has 0 amide bonds. The van der Waals surface area contributed by atoms with E-state index in [-0.39, 0.29) is 28.9 Å². The monoisotopic (exact) mass is 457 g/mol. The van der Waals surface area contributed by atoms with E-state index in [1.165, 1.54) is 29.4 Å². The van der Waals surface area contributed by atoms with Crippen LogP contribution in [0.5, 0.6) is 0 Å². The quantitative estimate of drug-likeness (QED) is 0.509. The molecule has 4 rings (SSSR count). The number of Topliss-reactive ketones (excluding diaryl/α,β-unsaturated/α-hetero) is 1. The van der Waals surface area contributed by atoms with Crippen molar-refractivity contribution < 1.29 is 18.7 Å². The van der Waals surface area contributed by atoms with Gasteiger partial charge in [-0.05, 0) is 31.9 Å². The molecule has 0 bridgehead atoms. The molecular formula is C20H19N5O4S2. The molecule has 0 fully saturated rings. The number of ketones is 1. The predicted molar refractivity (Wildman–Crippen MR) is 114 cm³/mol. The number of hydrogen-bond acceptors (Lipinski definition) is 11. The highest BCUT2D eigenvalue weighted by Crippen LogP contribution is 2.47. The fourth-order valence-corrected chi connectivity index (χ4v) is 5.40. The number of carbonyl (C=O) groups excluding carboxylic acids is 2. The Morgan fingerprint density at radius 3 is 3.03 bits per heavy atom. The van der Waals surface area contributed by atoms with Gasteiger partial charge in [0.05, 0.1) is 36.2 Å². The average Bonchev–Trinajstić information content (AvgIpc) is 3.44. The summed E-state index contributed by atoms with van der Waals surface area (Å²) >= 11 is 2.45. The van der Waals surface area contributed by atoms with Crippen LogP contribution in [-0.2, 0) is 14.3 Å². The molecule has 0 saturated carbocycles. The standard InChI is InChI=1S/C20H19N5O4S2/c1-2-28-15(27)10-30-20-24-23-19(31-20)25-12-5-3-6-13(26)17(12)16(11(9-21)18(25)22)14-7-4-8-29-14/h4,7-8,16H,2-3,5-6,10,22H2,1H3. The molecule has 2 aromatic rings. The first-order valence-corrected chi connectivity index (χ1v) is 11.5. The second-order valence-corrected chi connectivity index (χ2v) is 8.95. The minimum absolute atomic E-state index is 0.0330. The highest BCUT2D eigenvalue weighted by molar-refractivity contribution is 8.01. The number of anilines is 1. The Kier molecular flexibility index (Phi) is 6.11. The van der Waals surface area contributed by atoms with E-state index in [1.54, 1.807) is 24.0 Å². The van der Waals surface area contributed by atoms with Crippen LogP contribution in [0.4, 0.5) is 5.13 Å². The highest BCUT2D eigenvalue weighted by atomic mass is 32.2. The Balaban J connectivity index is 1.73. The first-order valence-electron chi connectivity index (χ1n) is 9.66. The maximum Gasteiger partial charge on any atom is 0.316 e. The Labute approximate surface area is 186 Å². The first kappa shape index (κ1) is 21.1. The number of rotatable bonds is 6. The molecule has 1 unspecified atom stereocenters. The maximum absolute atomic E-state index is 12.9. The fourth-order valence-electron chi connectivity index (χ4n) is 3.72. The van der Waals surface area contributed by atoms with E-state index < -0.39 is 5.92 Å². The lowest BCUT2D eigenvalue weighted by Gasteiger charge is -2.37. The third-order valence-electron chi connectivity index (χ3n) is 4.95. The molecule has 0 spiro atoms. The van der Waals surface area contributed by atoms with Crippen LogP contribution >= 0.6 is 23.1 Å². The van der Waals surface area contributed by atoms with E-state index in [2.05, 4.69) is 16.3 Å². The van der Waals surface area contributed by atoms with Gasteiger partial charge in [-0.25, -0.2) is 0 Å². The van der Waals surface area contributed by atoms with Gasteiger partial charge < -0.3 is 14.9 Å². The number of thioether (sulfide) groups is 1. The molecule has 0 aromatic carbocycles. The van der Waals surface area contributed by atoms with Crippen LogP contribution in [0.25, 0.3) is 0 Å². The van der Waals surface area contributed by atoms with Crippen LogP contribution in [0.15, 0.2) is 49.8 Å². The van der Waals surface area contributed by atoms with Gasteiger partial charge in [0.1, 0.15) is 11.6 Å². The van der Waals surface area contributed by atoms with Crippen molar-refractivity contribution in [3.05, 3.63) is 46.8 Å². The summed E-state index contributed by atoms with van der Waals surface area (Å²) < 4.78 is 11.0. The molecular weight excluding hydrogens is 438 g/mol. The number of nitrogens with zero attached hydrogens (tertiary/aromatic N) is 4. The number of esters is 1. The van der Waals surface area contributed by atoms with Crippen molar-refractivity contribution in [1.29, 1.82) is 5.26 Å². The molecule has 2 aliphatic rings. The Bertz CT molecular complexity index is 1110. The zero-order chi connectivity index (χ0) is 22.0. The summed E-state index contributed by atoms with van der Waals surface area (Å²) in [5, 5.41) is 18.7. The minimum Gasteiger partial charge on any atom is -0.468 e. The summed E-state index contributed by atoms with van der Waals surface area (Å²) in [6, 6.07) is 5.63. The maximum atomic E-state index is 12.9. The summed E-state index contributed by atoms with van der Waals surface area (Å²) in [5.41, 5.74) is 7.91. The van der Waals surface area contributed by atoms with Crippen molar-refractivity contribution in [2.24, 2.45) is 5.73 Å². The molecule has 0 saturated heterocycles. The Morgan fingerprint density at radius 1 is 1.48 bits per heavy atom. The van der Waals surface area contributed by atoms with Crippen LogP contribution in [0.3, 0.4) is 0 Å². The van der Waals surface area contributed by atoms with Gasteiger partial charge in [-0.1, -0.05) is 23.1 Å². The topological polar surface area (TPSA) is 135 Å². The van der Waals surface area contributed by atoms with Gasteiger partial charge in [-0.3, -0.25) is 14.5 Å². The normalized spacial score (nSPS) is 18.8. The van der Waals surface area contributed by atoms with E-state index in [9.17, 15) is 14.9 Å². The van der Waals surface area contributed by atoms with Gasteiger partial charge in [-0.15, -0.1) is 10.2 Å². The predicted octanol–water partition coefficient (Wildman–Crippen LogP) is 3.09. The van der Waals surface area contributed by atoms with E-state index in [0.29, 0.717) is 52.4 Å². The Morgan fingerprint density at radius 2 is 2.32 bits per heavy atom. The second-order valence-electron chi connectivity index (χ2n) is 6.78. The SMILES string of the molecule is CCOC(=O)CSc1nnc(N2C(N)=C(C#N)C(c3ccco3)C3=C2CCCC3=O)s1. The van der Waals surface area contributed by atoms with Crippen molar-refractivity contribution in [2.45, 2.75) is 36.4 Å². The first-order chi connectivity index (χ1) is 15.0. The fraction of sp³-hybridized carbons (Fsp3) is 0.350. The van der Waals surface area contributed by atoms with Gasteiger partial charge in [0.25, 0.3) is 0 Å². The third kappa shape index (κ3) is 3.96. The van der Waals surface area contributed by atoms with Gasteiger partial charge in [0.15, 0.2) is 10.1 Å². The molecule has 1 aliphatic carbocycles. The van der Waals surface area contributed by atoms with Crippen LogP contribution in [0.2, 0.25) is 0 Å². The van der Waals surface area contributed by atoms with E-state index in [4.69, 9.17) is 14.9 Å². The van der Waals surface area contributed by atoms with E-state index >= 15 is 0 Å². The van der Waals surface area contributed by atoms with Gasteiger partial charge >= 0.3 is 5.97 Å². The average molecular weight is 458 g/mol.